The Labute approximate surface area is 259 Å². The van der Waals surface area contributed by atoms with E-state index in [0.29, 0.717) is 36.3 Å². The molecule has 5 heterocycles. The lowest BCUT2D eigenvalue weighted by Gasteiger charge is -2.28. The molecule has 0 atom stereocenters. The first-order valence-corrected chi connectivity index (χ1v) is 14.7. The second-order valence-corrected chi connectivity index (χ2v) is 11.9. The Morgan fingerprint density at radius 1 is 1.13 bits per heavy atom. The molecule has 3 N–H and O–H groups in total. The number of hydrogen-bond donors (Lipinski definition) is 3. The van der Waals surface area contributed by atoms with E-state index in [0.717, 1.165) is 28.3 Å². The van der Waals surface area contributed by atoms with Gasteiger partial charge in [0.1, 0.15) is 35.2 Å². The Bertz CT molecular complexity index is 1840. The number of halogens is 1. The number of amides is 3. The molecule has 2 aliphatic heterocycles. The number of aromatic amines is 1. The van der Waals surface area contributed by atoms with Crippen molar-refractivity contribution in [2.24, 2.45) is 0 Å². The number of urea groups is 1. The van der Waals surface area contributed by atoms with Crippen LogP contribution in [0.25, 0.3) is 27.7 Å². The summed E-state index contributed by atoms with van der Waals surface area (Å²) in [7, 11) is 3.47. The van der Waals surface area contributed by atoms with Crippen LogP contribution in [-0.4, -0.2) is 87.2 Å². The van der Waals surface area contributed by atoms with Crippen LogP contribution >= 0.6 is 0 Å². The predicted molar refractivity (Wildman–Crippen MR) is 167 cm³/mol. The number of anilines is 1. The zero-order valence-corrected chi connectivity index (χ0v) is 25.6. The van der Waals surface area contributed by atoms with Crippen molar-refractivity contribution >= 4 is 34.4 Å². The number of carbonyl (C=O) groups is 2. The highest BCUT2D eigenvalue weighted by atomic mass is 19.1. The van der Waals surface area contributed by atoms with Gasteiger partial charge in [0.15, 0.2) is 0 Å². The van der Waals surface area contributed by atoms with Crippen molar-refractivity contribution in [2.45, 2.75) is 32.5 Å². The Hall–Kier alpha value is -4.81. The summed E-state index contributed by atoms with van der Waals surface area (Å²) in [6.07, 6.45) is 5.94. The summed E-state index contributed by atoms with van der Waals surface area (Å²) < 4.78 is 21.2. The fourth-order valence-electron chi connectivity index (χ4n) is 5.87. The maximum absolute atomic E-state index is 15.4. The molecule has 3 aromatic heterocycles. The maximum Gasteiger partial charge on any atom is 0.319 e. The van der Waals surface area contributed by atoms with Gasteiger partial charge in [-0.25, -0.2) is 19.2 Å². The van der Waals surface area contributed by atoms with Gasteiger partial charge in [-0.15, -0.1) is 0 Å². The summed E-state index contributed by atoms with van der Waals surface area (Å²) in [6, 6.07) is 8.19. The number of aromatic nitrogens is 3. The van der Waals surface area contributed by atoms with Crippen molar-refractivity contribution in [3.63, 3.8) is 0 Å². The van der Waals surface area contributed by atoms with Crippen molar-refractivity contribution in [2.75, 3.05) is 45.2 Å². The van der Waals surface area contributed by atoms with Crippen LogP contribution < -0.4 is 9.64 Å². The fraction of sp³-hybridized carbons (Fsp3) is 0.333. The third kappa shape index (κ3) is 5.51. The van der Waals surface area contributed by atoms with Crippen molar-refractivity contribution in [3.8, 4) is 16.9 Å². The Morgan fingerprint density at radius 3 is 2.58 bits per heavy atom. The SMILES string of the molecule is CN(C)C(=O)N1CC=C(c2cc3c(-c4ccnc(N5CCOc6cc(C(C)(C)O)cc(F)c6C5=O)c4CO)ccnc3[nH]2)CC1. The van der Waals surface area contributed by atoms with E-state index in [1.165, 1.54) is 24.8 Å². The third-order valence-corrected chi connectivity index (χ3v) is 8.27. The monoisotopic (exact) mass is 614 g/mol. The van der Waals surface area contributed by atoms with Gasteiger partial charge in [0.05, 0.1) is 18.8 Å². The third-order valence-electron chi connectivity index (χ3n) is 8.27. The van der Waals surface area contributed by atoms with Crippen LogP contribution in [-0.2, 0) is 12.2 Å². The highest BCUT2D eigenvalue weighted by molar-refractivity contribution is 6.09. The lowest BCUT2D eigenvalue weighted by molar-refractivity contribution is 0.0777. The quantitative estimate of drug-likeness (QED) is 0.305. The van der Waals surface area contributed by atoms with Gasteiger partial charge in [-0.1, -0.05) is 6.08 Å². The van der Waals surface area contributed by atoms with Gasteiger partial charge in [0.2, 0.25) is 0 Å². The van der Waals surface area contributed by atoms with Crippen LogP contribution in [0.4, 0.5) is 15.0 Å². The molecule has 234 valence electrons. The van der Waals surface area contributed by atoms with Crippen molar-refractivity contribution in [1.82, 2.24) is 24.8 Å². The van der Waals surface area contributed by atoms with Gasteiger partial charge in [0, 0.05) is 56.2 Å². The standard InChI is InChI=1S/C33H35FN6O5/c1-33(2,44)20-15-25(34)28-27(16-20)45-14-13-40(31(28)42)30-24(18-41)22(6-10-36-30)21-5-9-35-29-23(21)17-26(37-29)19-7-11-39(12-8-19)32(43)38(3)4/h5-7,9-10,15-17,41,44H,8,11-14,18H2,1-4H3,(H,35,37). The minimum Gasteiger partial charge on any atom is -0.491 e. The van der Waals surface area contributed by atoms with Crippen LogP contribution in [0.2, 0.25) is 0 Å². The molecule has 12 heteroatoms. The highest BCUT2D eigenvalue weighted by Crippen LogP contribution is 2.38. The molecular weight excluding hydrogens is 579 g/mol. The molecule has 0 saturated carbocycles. The van der Waals surface area contributed by atoms with E-state index < -0.39 is 23.9 Å². The Kier molecular flexibility index (Phi) is 7.79. The molecule has 1 aromatic carbocycles. The van der Waals surface area contributed by atoms with Crippen molar-refractivity contribution in [1.29, 1.82) is 0 Å². The summed E-state index contributed by atoms with van der Waals surface area (Å²) in [4.78, 5) is 43.2. The number of H-pyrrole nitrogens is 1. The molecule has 0 saturated heterocycles. The van der Waals surface area contributed by atoms with Crippen LogP contribution in [0.3, 0.4) is 0 Å². The largest absolute Gasteiger partial charge is 0.491 e. The molecule has 6 rings (SSSR count). The van der Waals surface area contributed by atoms with E-state index in [-0.39, 0.29) is 41.9 Å². The molecule has 4 aromatic rings. The Balaban J connectivity index is 1.38. The normalized spacial score (nSPS) is 15.4. The molecular formula is C33H35FN6O5. The molecule has 45 heavy (non-hydrogen) atoms. The minimum atomic E-state index is -1.33. The molecule has 0 bridgehead atoms. The number of fused-ring (bicyclic) bond motifs is 2. The number of rotatable bonds is 5. The fourth-order valence-corrected chi connectivity index (χ4v) is 5.87. The van der Waals surface area contributed by atoms with E-state index in [1.807, 2.05) is 18.2 Å². The first-order valence-electron chi connectivity index (χ1n) is 14.7. The van der Waals surface area contributed by atoms with Crippen molar-refractivity contribution < 1.29 is 28.9 Å². The van der Waals surface area contributed by atoms with Crippen LogP contribution in [0, 0.1) is 5.82 Å². The van der Waals surface area contributed by atoms with Gasteiger partial charge in [-0.2, -0.15) is 0 Å². The number of benzene rings is 1. The zero-order valence-electron chi connectivity index (χ0n) is 25.6. The number of pyridine rings is 2. The number of hydrogen-bond acceptors (Lipinski definition) is 7. The summed E-state index contributed by atoms with van der Waals surface area (Å²) >= 11 is 0. The second-order valence-electron chi connectivity index (χ2n) is 11.9. The predicted octanol–water partition coefficient (Wildman–Crippen LogP) is 4.29. The molecule has 0 radical (unpaired) electrons. The van der Waals surface area contributed by atoms with Crippen LogP contribution in [0.5, 0.6) is 5.75 Å². The first kappa shape index (κ1) is 30.2. The summed E-state index contributed by atoms with van der Waals surface area (Å²) in [5.41, 5.74) is 3.12. The van der Waals surface area contributed by atoms with E-state index in [9.17, 15) is 19.8 Å². The molecule has 0 spiro atoms. The summed E-state index contributed by atoms with van der Waals surface area (Å²) in [5.74, 6) is -1.23. The lowest BCUT2D eigenvalue weighted by atomic mass is 9.95. The number of nitrogens with one attached hydrogen (secondary N) is 1. The molecule has 0 unspecified atom stereocenters. The van der Waals surface area contributed by atoms with E-state index in [4.69, 9.17) is 4.74 Å². The number of carbonyl (C=O) groups excluding carboxylic acids is 2. The van der Waals surface area contributed by atoms with E-state index in [2.05, 4.69) is 15.0 Å². The summed E-state index contributed by atoms with van der Waals surface area (Å²) in [6.45, 7) is 3.84. The van der Waals surface area contributed by atoms with Gasteiger partial charge < -0.3 is 29.7 Å². The first-order chi connectivity index (χ1) is 21.5. The molecule has 2 aliphatic rings. The maximum atomic E-state index is 15.4. The van der Waals surface area contributed by atoms with E-state index >= 15 is 4.39 Å². The summed E-state index contributed by atoms with van der Waals surface area (Å²) in [5, 5.41) is 21.9. The Morgan fingerprint density at radius 2 is 1.89 bits per heavy atom. The van der Waals surface area contributed by atoms with Crippen molar-refractivity contribution in [3.05, 3.63) is 77.0 Å². The van der Waals surface area contributed by atoms with Gasteiger partial charge in [0.25, 0.3) is 5.91 Å². The zero-order chi connectivity index (χ0) is 32.0. The smallest absolute Gasteiger partial charge is 0.319 e. The molecule has 0 fully saturated rings. The number of aliphatic hydroxyl groups is 2. The lowest BCUT2D eigenvalue weighted by Crippen LogP contribution is -2.41. The molecule has 3 amide bonds. The van der Waals surface area contributed by atoms with E-state index in [1.54, 1.807) is 42.4 Å². The molecule has 11 nitrogen and oxygen atoms in total. The highest BCUT2D eigenvalue weighted by Gasteiger charge is 2.33. The topological polar surface area (TPSA) is 135 Å². The number of nitrogens with zero attached hydrogens (tertiary/aromatic N) is 5. The van der Waals surface area contributed by atoms with Crippen LogP contribution in [0.15, 0.2) is 48.8 Å². The molecule has 0 aliphatic carbocycles. The minimum absolute atomic E-state index is 0.0320. The van der Waals surface area contributed by atoms with Crippen LogP contribution in [0.1, 0.15) is 47.4 Å². The van der Waals surface area contributed by atoms with Gasteiger partial charge in [-0.3, -0.25) is 9.69 Å². The number of ether oxygens (including phenoxy) is 1. The average Bonchev–Trinajstić information content (AvgIpc) is 3.38. The van der Waals surface area contributed by atoms with Gasteiger partial charge in [-0.05, 0) is 72.9 Å². The average molecular weight is 615 g/mol. The second kappa shape index (κ2) is 11.6. The van der Waals surface area contributed by atoms with Gasteiger partial charge >= 0.3 is 6.03 Å². The number of aliphatic hydroxyl groups excluding tert-OH is 1.